The fourth-order valence-electron chi connectivity index (χ4n) is 1.53. The molecule has 1 aromatic carbocycles. The second-order valence-electron chi connectivity index (χ2n) is 3.20. The van der Waals surface area contributed by atoms with E-state index in [4.69, 9.17) is 5.73 Å². The Balaban J connectivity index is 2.56. The number of rotatable bonds is 0. The van der Waals surface area contributed by atoms with E-state index in [1.165, 1.54) is 18.2 Å². The zero-order valence-corrected chi connectivity index (χ0v) is 7.27. The van der Waals surface area contributed by atoms with Crippen LogP contribution in [-0.4, -0.2) is 17.2 Å². The number of hydrogen-bond donors (Lipinski definition) is 2. The molecule has 0 fully saturated rings. The van der Waals surface area contributed by atoms with Crippen LogP contribution in [0, 0.1) is 5.82 Å². The molecule has 1 aromatic rings. The minimum Gasteiger partial charge on any atom is -0.320 e. The maximum atomic E-state index is 13.2. The Kier molecular flexibility index (Phi) is 1.98. The van der Waals surface area contributed by atoms with Gasteiger partial charge in [-0.1, -0.05) is 6.07 Å². The van der Waals surface area contributed by atoms with Crippen LogP contribution in [0.4, 0.5) is 10.1 Å². The van der Waals surface area contributed by atoms with Crippen molar-refractivity contribution in [2.75, 3.05) is 5.06 Å². The molecule has 4 nitrogen and oxygen atoms in total. The van der Waals surface area contributed by atoms with E-state index in [1.807, 2.05) is 0 Å². The average molecular weight is 196 g/mol. The fraction of sp³-hybridized carbons (Fsp3) is 0.222. The number of nitrogens with zero attached hydrogens (tertiary/aromatic N) is 1. The number of benzene rings is 1. The van der Waals surface area contributed by atoms with Gasteiger partial charge in [-0.25, -0.2) is 4.39 Å². The van der Waals surface area contributed by atoms with Gasteiger partial charge in [0.15, 0.2) is 0 Å². The molecule has 1 amide bonds. The van der Waals surface area contributed by atoms with E-state index >= 15 is 0 Å². The molecule has 0 saturated carbocycles. The number of hydroxylamine groups is 1. The Morgan fingerprint density at radius 2 is 2.29 bits per heavy atom. The van der Waals surface area contributed by atoms with Crippen molar-refractivity contribution in [3.8, 4) is 0 Å². The molecule has 0 bridgehead atoms. The molecule has 5 heteroatoms. The monoisotopic (exact) mass is 196 g/mol. The van der Waals surface area contributed by atoms with Gasteiger partial charge in [-0.15, -0.1) is 0 Å². The second kappa shape index (κ2) is 3.04. The minimum absolute atomic E-state index is 0.123. The van der Waals surface area contributed by atoms with Gasteiger partial charge in [-0.2, -0.15) is 5.06 Å². The lowest BCUT2D eigenvalue weighted by Crippen LogP contribution is -2.47. The summed E-state index contributed by atoms with van der Waals surface area (Å²) in [5.41, 5.74) is 5.89. The SMILES string of the molecule is N[C@H]1Cc2c(F)cccc2N(O)C1=O. The average Bonchev–Trinajstić information content (AvgIpc) is 2.17. The highest BCUT2D eigenvalue weighted by atomic mass is 19.1. The quantitative estimate of drug-likeness (QED) is 0.591. The third-order valence-corrected chi connectivity index (χ3v) is 2.27. The van der Waals surface area contributed by atoms with Gasteiger partial charge in [0.05, 0.1) is 11.7 Å². The number of nitrogens with two attached hydrogens (primary N) is 1. The summed E-state index contributed by atoms with van der Waals surface area (Å²) in [6.45, 7) is 0. The van der Waals surface area contributed by atoms with E-state index in [-0.39, 0.29) is 17.7 Å². The summed E-state index contributed by atoms with van der Waals surface area (Å²) in [6, 6.07) is 3.31. The molecule has 74 valence electrons. The van der Waals surface area contributed by atoms with Gasteiger partial charge < -0.3 is 5.73 Å². The van der Waals surface area contributed by atoms with E-state index in [1.54, 1.807) is 0 Å². The van der Waals surface area contributed by atoms with E-state index in [2.05, 4.69) is 0 Å². The molecule has 0 unspecified atom stereocenters. The van der Waals surface area contributed by atoms with Gasteiger partial charge in [0, 0.05) is 12.0 Å². The first-order valence-corrected chi connectivity index (χ1v) is 4.17. The Labute approximate surface area is 79.7 Å². The first kappa shape index (κ1) is 9.11. The van der Waals surface area contributed by atoms with Crippen molar-refractivity contribution in [3.63, 3.8) is 0 Å². The van der Waals surface area contributed by atoms with Crippen molar-refractivity contribution in [3.05, 3.63) is 29.6 Å². The molecule has 1 aliphatic rings. The summed E-state index contributed by atoms with van der Waals surface area (Å²) < 4.78 is 13.2. The number of carbonyl (C=O) groups excluding carboxylic acids is 1. The highest BCUT2D eigenvalue weighted by Crippen LogP contribution is 2.27. The third-order valence-electron chi connectivity index (χ3n) is 2.27. The summed E-state index contributed by atoms with van der Waals surface area (Å²) in [7, 11) is 0. The van der Waals surface area contributed by atoms with Crippen molar-refractivity contribution in [2.24, 2.45) is 5.73 Å². The van der Waals surface area contributed by atoms with Crippen LogP contribution >= 0.6 is 0 Å². The molecular formula is C9H9FN2O2. The first-order chi connectivity index (χ1) is 6.61. The maximum absolute atomic E-state index is 13.2. The lowest BCUT2D eigenvalue weighted by molar-refractivity contribution is -0.125. The molecule has 0 spiro atoms. The van der Waals surface area contributed by atoms with Crippen LogP contribution in [0.5, 0.6) is 0 Å². The predicted octanol–water partition coefficient (Wildman–Crippen LogP) is 0.431. The maximum Gasteiger partial charge on any atom is 0.267 e. The number of anilines is 1. The van der Waals surface area contributed by atoms with Gasteiger partial charge >= 0.3 is 0 Å². The van der Waals surface area contributed by atoms with Crippen LogP contribution in [0.2, 0.25) is 0 Å². The Bertz CT molecular complexity index is 394. The molecule has 2 rings (SSSR count). The van der Waals surface area contributed by atoms with Gasteiger partial charge in [0.25, 0.3) is 5.91 Å². The lowest BCUT2D eigenvalue weighted by atomic mass is 9.99. The molecule has 0 saturated heterocycles. The van der Waals surface area contributed by atoms with E-state index in [9.17, 15) is 14.4 Å². The molecule has 1 atom stereocenters. The van der Waals surface area contributed by atoms with E-state index in [0.717, 1.165) is 0 Å². The molecule has 14 heavy (non-hydrogen) atoms. The van der Waals surface area contributed by atoms with Crippen LogP contribution in [-0.2, 0) is 11.2 Å². The normalized spacial score (nSPS) is 20.9. The molecule has 3 N–H and O–H groups in total. The summed E-state index contributed by atoms with van der Waals surface area (Å²) in [6.07, 6.45) is 0.123. The highest BCUT2D eigenvalue weighted by Gasteiger charge is 2.31. The lowest BCUT2D eigenvalue weighted by Gasteiger charge is -2.27. The van der Waals surface area contributed by atoms with E-state index < -0.39 is 17.8 Å². The Hall–Kier alpha value is -1.46. The van der Waals surface area contributed by atoms with Gasteiger partial charge in [-0.05, 0) is 12.1 Å². The Morgan fingerprint density at radius 1 is 1.57 bits per heavy atom. The van der Waals surface area contributed by atoms with Gasteiger partial charge in [-0.3, -0.25) is 10.0 Å². The topological polar surface area (TPSA) is 66.6 Å². The van der Waals surface area contributed by atoms with Crippen molar-refractivity contribution in [1.29, 1.82) is 0 Å². The van der Waals surface area contributed by atoms with Gasteiger partial charge in [0.2, 0.25) is 0 Å². The van der Waals surface area contributed by atoms with Crippen molar-refractivity contribution in [2.45, 2.75) is 12.5 Å². The molecule has 0 aliphatic carbocycles. The van der Waals surface area contributed by atoms with Crippen molar-refractivity contribution < 1.29 is 14.4 Å². The third kappa shape index (κ3) is 1.18. The van der Waals surface area contributed by atoms with Crippen LogP contribution in [0.25, 0.3) is 0 Å². The summed E-state index contributed by atoms with van der Waals surface area (Å²) in [5, 5.41) is 9.77. The fourth-order valence-corrected chi connectivity index (χ4v) is 1.53. The summed E-state index contributed by atoms with van der Waals surface area (Å²) >= 11 is 0. The molecule has 1 heterocycles. The zero-order chi connectivity index (χ0) is 10.3. The predicted molar refractivity (Wildman–Crippen MR) is 47.4 cm³/mol. The molecular weight excluding hydrogens is 187 g/mol. The van der Waals surface area contributed by atoms with Crippen LogP contribution in [0.1, 0.15) is 5.56 Å². The first-order valence-electron chi connectivity index (χ1n) is 4.17. The molecule has 0 aromatic heterocycles. The zero-order valence-electron chi connectivity index (χ0n) is 7.27. The minimum atomic E-state index is -0.871. The summed E-state index contributed by atoms with van der Waals surface area (Å²) in [5.74, 6) is -1.06. The van der Waals surface area contributed by atoms with E-state index in [0.29, 0.717) is 5.06 Å². The molecule has 0 radical (unpaired) electrons. The van der Waals surface area contributed by atoms with Gasteiger partial charge in [0.1, 0.15) is 5.82 Å². The van der Waals surface area contributed by atoms with Crippen molar-refractivity contribution in [1.82, 2.24) is 0 Å². The smallest absolute Gasteiger partial charge is 0.267 e. The van der Waals surface area contributed by atoms with Crippen LogP contribution in [0.3, 0.4) is 0 Å². The second-order valence-corrected chi connectivity index (χ2v) is 3.20. The standard InChI is InChI=1S/C9H9FN2O2/c10-6-2-1-3-8-5(6)4-7(11)9(13)12(8)14/h1-3,7,14H,4,11H2/t7-/m0/s1. The molecule has 1 aliphatic heterocycles. The van der Waals surface area contributed by atoms with Crippen molar-refractivity contribution >= 4 is 11.6 Å². The van der Waals surface area contributed by atoms with Crippen LogP contribution in [0.15, 0.2) is 18.2 Å². The number of hydrogen-bond acceptors (Lipinski definition) is 3. The number of fused-ring (bicyclic) bond motifs is 1. The number of halogens is 1. The number of amides is 1. The number of carbonyl (C=O) groups is 1. The highest BCUT2D eigenvalue weighted by molar-refractivity contribution is 5.98. The largest absolute Gasteiger partial charge is 0.320 e. The Morgan fingerprint density at radius 3 is 3.00 bits per heavy atom. The van der Waals surface area contributed by atoms with Crippen LogP contribution < -0.4 is 10.8 Å². The summed E-state index contributed by atoms with van der Waals surface area (Å²) in [4.78, 5) is 11.2.